The van der Waals surface area contributed by atoms with Gasteiger partial charge in [-0.1, -0.05) is 6.07 Å². The number of anilines is 1. The molecule has 1 aromatic carbocycles. The molecule has 0 saturated carbocycles. The Bertz CT molecular complexity index is 789. The van der Waals surface area contributed by atoms with E-state index in [1.807, 2.05) is 25.1 Å². The zero-order valence-corrected chi connectivity index (χ0v) is 13.6. The first-order chi connectivity index (χ1) is 11.5. The van der Waals surface area contributed by atoms with Crippen LogP contribution in [0.1, 0.15) is 12.5 Å². The number of aromatic nitrogens is 1. The van der Waals surface area contributed by atoms with Crippen LogP contribution in [-0.4, -0.2) is 30.1 Å². The fraction of sp³-hybridized carbons (Fsp3) is 0.235. The highest BCUT2D eigenvalue weighted by molar-refractivity contribution is 6.21. The van der Waals surface area contributed by atoms with E-state index in [1.54, 1.807) is 26.2 Å². The van der Waals surface area contributed by atoms with E-state index < -0.39 is 12.1 Å². The molecule has 7 heteroatoms. The highest BCUT2D eigenvalue weighted by Gasteiger charge is 2.36. The number of hydrogen-bond acceptors (Lipinski definition) is 5. The van der Waals surface area contributed by atoms with Gasteiger partial charge in [-0.05, 0) is 32.0 Å². The van der Waals surface area contributed by atoms with Crippen LogP contribution in [0.25, 0.3) is 0 Å². The predicted octanol–water partition coefficient (Wildman–Crippen LogP) is 2.64. The predicted molar refractivity (Wildman–Crippen MR) is 87.5 cm³/mol. The first kappa shape index (κ1) is 15.8. The summed E-state index contributed by atoms with van der Waals surface area (Å²) in [6.07, 6.45) is 1.43. The molecule has 0 radical (unpaired) electrons. The quantitative estimate of drug-likeness (QED) is 0.873. The van der Waals surface area contributed by atoms with Gasteiger partial charge in [0.25, 0.3) is 5.91 Å². The molecular formula is C17H17N3O4. The fourth-order valence-electron chi connectivity index (χ4n) is 2.45. The molecule has 124 valence electrons. The van der Waals surface area contributed by atoms with Crippen molar-refractivity contribution in [3.05, 3.63) is 42.1 Å². The van der Waals surface area contributed by atoms with Crippen LogP contribution in [-0.2, 0) is 4.79 Å². The standard InChI is InChI=1S/C17H17N3O4/c1-10-13(23-3)5-4-6-14(10)24-15-8-7-12(9-18-15)20-16(21)11(2)19-17(20)22/h4-9,11H,1-3H3,(H,19,22)/t11-/m1/s1. The highest BCUT2D eigenvalue weighted by atomic mass is 16.5. The van der Waals surface area contributed by atoms with Crippen molar-refractivity contribution in [1.29, 1.82) is 0 Å². The van der Waals surface area contributed by atoms with Crippen LogP contribution in [0.3, 0.4) is 0 Å². The summed E-state index contributed by atoms with van der Waals surface area (Å²) in [5.74, 6) is 1.39. The molecule has 0 aliphatic carbocycles. The monoisotopic (exact) mass is 327 g/mol. The lowest BCUT2D eigenvalue weighted by molar-refractivity contribution is -0.117. The van der Waals surface area contributed by atoms with E-state index in [1.165, 1.54) is 6.20 Å². The highest BCUT2D eigenvalue weighted by Crippen LogP contribution is 2.31. The Kier molecular flexibility index (Phi) is 4.07. The van der Waals surface area contributed by atoms with Crippen LogP contribution < -0.4 is 19.7 Å². The number of nitrogens with one attached hydrogen (secondary N) is 1. The molecule has 0 bridgehead atoms. The molecule has 0 unspecified atom stereocenters. The SMILES string of the molecule is COc1cccc(Oc2ccc(N3C(=O)N[C@H](C)C3=O)cn2)c1C. The van der Waals surface area contributed by atoms with Gasteiger partial charge in [0.1, 0.15) is 17.5 Å². The summed E-state index contributed by atoms with van der Waals surface area (Å²) in [6, 6.07) is 7.72. The molecule has 3 amide bonds. The zero-order chi connectivity index (χ0) is 17.3. The van der Waals surface area contributed by atoms with Gasteiger partial charge in [-0.2, -0.15) is 0 Å². The van der Waals surface area contributed by atoms with Crippen molar-refractivity contribution in [2.24, 2.45) is 0 Å². The average molecular weight is 327 g/mol. The van der Waals surface area contributed by atoms with E-state index >= 15 is 0 Å². The Labute approximate surface area is 139 Å². The lowest BCUT2D eigenvalue weighted by Crippen LogP contribution is -2.30. The van der Waals surface area contributed by atoms with Crippen molar-refractivity contribution in [3.63, 3.8) is 0 Å². The maximum absolute atomic E-state index is 12.0. The van der Waals surface area contributed by atoms with Crippen molar-refractivity contribution in [2.45, 2.75) is 19.9 Å². The van der Waals surface area contributed by atoms with Gasteiger partial charge in [0, 0.05) is 11.6 Å². The van der Waals surface area contributed by atoms with Crippen molar-refractivity contribution in [3.8, 4) is 17.4 Å². The number of ether oxygens (including phenoxy) is 2. The molecule has 7 nitrogen and oxygen atoms in total. The molecule has 1 aliphatic heterocycles. The Hall–Kier alpha value is -3.09. The van der Waals surface area contributed by atoms with Gasteiger partial charge in [0.15, 0.2) is 0 Å². The van der Waals surface area contributed by atoms with E-state index in [9.17, 15) is 9.59 Å². The molecule has 24 heavy (non-hydrogen) atoms. The first-order valence-corrected chi connectivity index (χ1v) is 7.43. The summed E-state index contributed by atoms with van der Waals surface area (Å²) in [5.41, 5.74) is 1.25. The number of urea groups is 1. The van der Waals surface area contributed by atoms with Gasteiger partial charge in [0.2, 0.25) is 5.88 Å². The molecule has 2 aromatic rings. The van der Waals surface area contributed by atoms with E-state index in [0.717, 1.165) is 16.2 Å². The van der Waals surface area contributed by atoms with Crippen molar-refractivity contribution >= 4 is 17.6 Å². The molecule has 2 heterocycles. The van der Waals surface area contributed by atoms with Crippen LogP contribution >= 0.6 is 0 Å². The minimum absolute atomic E-state index is 0.306. The number of rotatable bonds is 4. The third-order valence-corrected chi connectivity index (χ3v) is 3.78. The first-order valence-electron chi connectivity index (χ1n) is 7.43. The summed E-state index contributed by atoms with van der Waals surface area (Å²) in [4.78, 5) is 29.0. The van der Waals surface area contributed by atoms with Gasteiger partial charge in [-0.25, -0.2) is 14.7 Å². The Morgan fingerprint density at radius 3 is 2.50 bits per heavy atom. The van der Waals surface area contributed by atoms with Crippen molar-refractivity contribution < 1.29 is 19.1 Å². The number of imide groups is 1. The topological polar surface area (TPSA) is 80.8 Å². The van der Waals surface area contributed by atoms with Gasteiger partial charge in [-0.3, -0.25) is 4.79 Å². The van der Waals surface area contributed by atoms with Crippen molar-refractivity contribution in [2.75, 3.05) is 12.0 Å². The summed E-state index contributed by atoms with van der Waals surface area (Å²) < 4.78 is 11.0. The Morgan fingerprint density at radius 2 is 1.92 bits per heavy atom. The smallest absolute Gasteiger partial charge is 0.329 e. The summed E-state index contributed by atoms with van der Waals surface area (Å²) >= 11 is 0. The summed E-state index contributed by atoms with van der Waals surface area (Å²) in [7, 11) is 1.60. The maximum Gasteiger partial charge on any atom is 0.329 e. The van der Waals surface area contributed by atoms with Crippen molar-refractivity contribution in [1.82, 2.24) is 10.3 Å². The summed E-state index contributed by atoms with van der Waals surface area (Å²) in [5, 5.41) is 2.55. The van der Waals surface area contributed by atoms with Gasteiger partial charge < -0.3 is 14.8 Å². The number of carbonyl (C=O) groups is 2. The van der Waals surface area contributed by atoms with E-state index in [2.05, 4.69) is 10.3 Å². The minimum atomic E-state index is -0.534. The van der Waals surface area contributed by atoms with Crippen LogP contribution in [0, 0.1) is 6.92 Å². The second kappa shape index (κ2) is 6.19. The van der Waals surface area contributed by atoms with Gasteiger partial charge >= 0.3 is 6.03 Å². The lowest BCUT2D eigenvalue weighted by Gasteiger charge is -2.14. The van der Waals surface area contributed by atoms with E-state index in [0.29, 0.717) is 17.3 Å². The Balaban J connectivity index is 1.81. The van der Waals surface area contributed by atoms with Crippen LogP contribution in [0.2, 0.25) is 0 Å². The van der Waals surface area contributed by atoms with Crippen LogP contribution in [0.5, 0.6) is 17.4 Å². The third kappa shape index (κ3) is 2.76. The number of pyridine rings is 1. The molecule has 3 rings (SSSR count). The number of amides is 3. The molecule has 1 aromatic heterocycles. The number of carbonyl (C=O) groups excluding carboxylic acids is 2. The number of nitrogens with zero attached hydrogens (tertiary/aromatic N) is 2. The lowest BCUT2D eigenvalue weighted by atomic mass is 10.2. The van der Waals surface area contributed by atoms with Gasteiger partial charge in [-0.15, -0.1) is 0 Å². The maximum atomic E-state index is 12.0. The Morgan fingerprint density at radius 1 is 1.17 bits per heavy atom. The molecule has 1 saturated heterocycles. The van der Waals surface area contributed by atoms with Crippen LogP contribution in [0.15, 0.2) is 36.5 Å². The fourth-order valence-corrected chi connectivity index (χ4v) is 2.45. The second-order valence-electron chi connectivity index (χ2n) is 5.38. The zero-order valence-electron chi connectivity index (χ0n) is 13.6. The molecule has 1 N–H and O–H groups in total. The van der Waals surface area contributed by atoms with Crippen LogP contribution in [0.4, 0.5) is 10.5 Å². The normalized spacial score (nSPS) is 17.0. The minimum Gasteiger partial charge on any atom is -0.496 e. The third-order valence-electron chi connectivity index (χ3n) is 3.78. The molecule has 1 fully saturated rings. The number of benzene rings is 1. The molecule has 1 aliphatic rings. The largest absolute Gasteiger partial charge is 0.496 e. The van der Waals surface area contributed by atoms with Gasteiger partial charge in [0.05, 0.1) is 19.0 Å². The molecule has 0 spiro atoms. The molecule has 1 atom stereocenters. The molecular weight excluding hydrogens is 310 g/mol. The van der Waals surface area contributed by atoms with E-state index in [4.69, 9.17) is 9.47 Å². The number of methoxy groups -OCH3 is 1. The number of hydrogen-bond donors (Lipinski definition) is 1. The van der Waals surface area contributed by atoms with E-state index in [-0.39, 0.29) is 5.91 Å². The summed E-state index contributed by atoms with van der Waals surface area (Å²) in [6.45, 7) is 3.52. The average Bonchev–Trinajstić information content (AvgIpc) is 2.83. The second-order valence-corrected chi connectivity index (χ2v) is 5.38.